The van der Waals surface area contributed by atoms with Crippen molar-refractivity contribution in [1.29, 1.82) is 0 Å². The Balaban J connectivity index is 1.44. The molecule has 1 aromatic carbocycles. The highest BCUT2D eigenvalue weighted by Crippen LogP contribution is 2.21. The van der Waals surface area contributed by atoms with Gasteiger partial charge in [0.2, 0.25) is 0 Å². The highest BCUT2D eigenvalue weighted by Gasteiger charge is 2.28. The first kappa shape index (κ1) is 22.4. The molecule has 2 heterocycles. The Morgan fingerprint density at radius 1 is 1.23 bits per heavy atom. The molecule has 0 saturated carbocycles. The second kappa shape index (κ2) is 9.65. The third-order valence-electron chi connectivity index (χ3n) is 4.83. The van der Waals surface area contributed by atoms with E-state index in [-0.39, 0.29) is 17.8 Å². The number of aryl methyl sites for hydroxylation is 1. The van der Waals surface area contributed by atoms with Gasteiger partial charge in [0.1, 0.15) is 5.75 Å². The summed E-state index contributed by atoms with van der Waals surface area (Å²) in [6.07, 6.45) is -4.37. The smallest absolute Gasteiger partial charge is 0.422 e. The van der Waals surface area contributed by atoms with Gasteiger partial charge in [-0.3, -0.25) is 4.90 Å². The van der Waals surface area contributed by atoms with Crippen molar-refractivity contribution < 1.29 is 22.7 Å². The lowest BCUT2D eigenvalue weighted by Gasteiger charge is -2.35. The Kier molecular flexibility index (Phi) is 7.19. The van der Waals surface area contributed by atoms with Crippen LogP contribution in [0.1, 0.15) is 29.2 Å². The summed E-state index contributed by atoms with van der Waals surface area (Å²) in [4.78, 5) is 21.1. The van der Waals surface area contributed by atoms with Crippen LogP contribution >= 0.6 is 11.3 Å². The highest BCUT2D eigenvalue weighted by atomic mass is 32.1. The number of rotatable bonds is 6. The molecular weight excluding hydrogens is 417 g/mol. The van der Waals surface area contributed by atoms with Gasteiger partial charge in [-0.15, -0.1) is 11.3 Å². The Bertz CT molecular complexity index is 833. The summed E-state index contributed by atoms with van der Waals surface area (Å²) in [5.74, 6) is 0.140. The van der Waals surface area contributed by atoms with Gasteiger partial charge in [0.25, 0.3) is 0 Å². The molecule has 2 amide bonds. The number of nitrogens with one attached hydrogen (secondary N) is 1. The van der Waals surface area contributed by atoms with Gasteiger partial charge in [0, 0.05) is 38.1 Å². The minimum Gasteiger partial charge on any atom is -0.484 e. The molecule has 1 aromatic heterocycles. The van der Waals surface area contributed by atoms with E-state index >= 15 is 0 Å². The van der Waals surface area contributed by atoms with Gasteiger partial charge in [-0.25, -0.2) is 9.78 Å². The fourth-order valence-corrected chi connectivity index (χ4v) is 3.80. The first-order valence-electron chi connectivity index (χ1n) is 9.68. The summed E-state index contributed by atoms with van der Waals surface area (Å²) in [6.45, 7) is 6.11. The van der Waals surface area contributed by atoms with Crippen molar-refractivity contribution in [2.24, 2.45) is 0 Å². The standard InChI is InChI=1S/C20H25F3N4O2S/c1-14(16-3-5-18(6-4-16)29-13-20(21,22)23)24-19(28)27-9-7-26(8-10-27)11-17-12-30-15(2)25-17/h3-6,12,14H,7-11,13H2,1-2H3,(H,24,28). The van der Waals surface area contributed by atoms with Crippen molar-refractivity contribution in [3.05, 3.63) is 45.9 Å². The van der Waals surface area contributed by atoms with E-state index < -0.39 is 12.8 Å². The maximum atomic E-state index is 12.6. The summed E-state index contributed by atoms with van der Waals surface area (Å²) in [6, 6.07) is 5.84. The average molecular weight is 443 g/mol. The summed E-state index contributed by atoms with van der Waals surface area (Å²) >= 11 is 1.64. The number of aromatic nitrogens is 1. The molecule has 1 N–H and O–H groups in total. The monoisotopic (exact) mass is 442 g/mol. The number of carbonyl (C=O) groups excluding carboxylic acids is 1. The zero-order valence-corrected chi connectivity index (χ0v) is 17.7. The van der Waals surface area contributed by atoms with Crippen molar-refractivity contribution >= 4 is 17.4 Å². The van der Waals surface area contributed by atoms with Crippen molar-refractivity contribution in [3.63, 3.8) is 0 Å². The number of piperazine rings is 1. The average Bonchev–Trinajstić information content (AvgIpc) is 3.11. The number of carbonyl (C=O) groups is 1. The maximum absolute atomic E-state index is 12.6. The molecule has 1 aliphatic heterocycles. The third kappa shape index (κ3) is 6.60. The molecule has 0 aliphatic carbocycles. The number of nitrogens with zero attached hydrogens (tertiary/aromatic N) is 3. The number of alkyl halides is 3. The number of hydrogen-bond donors (Lipinski definition) is 1. The van der Waals surface area contributed by atoms with Gasteiger partial charge in [0.05, 0.1) is 16.7 Å². The van der Waals surface area contributed by atoms with Gasteiger partial charge >= 0.3 is 12.2 Å². The molecule has 164 valence electrons. The van der Waals surface area contributed by atoms with Crippen LogP contribution < -0.4 is 10.1 Å². The summed E-state index contributed by atoms with van der Waals surface area (Å²) in [5.41, 5.74) is 1.85. The molecule has 6 nitrogen and oxygen atoms in total. The summed E-state index contributed by atoms with van der Waals surface area (Å²) in [7, 11) is 0. The van der Waals surface area contributed by atoms with Gasteiger partial charge in [-0.2, -0.15) is 13.2 Å². The Hall–Kier alpha value is -2.33. The topological polar surface area (TPSA) is 57.7 Å². The van der Waals surface area contributed by atoms with Crippen LogP contribution in [0.2, 0.25) is 0 Å². The molecule has 1 saturated heterocycles. The predicted octanol–water partition coefficient (Wildman–Crippen LogP) is 3.98. The normalized spacial score (nSPS) is 16.4. The van der Waals surface area contributed by atoms with Crippen LogP contribution in [-0.4, -0.2) is 59.8 Å². The Labute approximate surface area is 177 Å². The number of halogens is 3. The van der Waals surface area contributed by atoms with Crippen LogP contribution in [0.5, 0.6) is 5.75 Å². The number of amides is 2. The number of hydrogen-bond acceptors (Lipinski definition) is 5. The fourth-order valence-electron chi connectivity index (χ4n) is 3.20. The molecule has 1 fully saturated rings. The number of thiazole rings is 1. The summed E-state index contributed by atoms with van der Waals surface area (Å²) in [5, 5.41) is 6.06. The Morgan fingerprint density at radius 3 is 2.47 bits per heavy atom. The van der Waals surface area contributed by atoms with Crippen LogP contribution in [-0.2, 0) is 6.54 Å². The van der Waals surface area contributed by atoms with E-state index in [1.807, 2.05) is 13.8 Å². The molecule has 10 heteroatoms. The molecule has 1 atom stereocenters. The minimum absolute atomic E-state index is 0.140. The number of urea groups is 1. The molecule has 1 aliphatic rings. The van der Waals surface area contributed by atoms with Crippen molar-refractivity contribution in [2.75, 3.05) is 32.8 Å². The second-order valence-electron chi connectivity index (χ2n) is 7.27. The van der Waals surface area contributed by atoms with Crippen LogP contribution in [0.4, 0.5) is 18.0 Å². The highest BCUT2D eigenvalue weighted by molar-refractivity contribution is 7.09. The first-order valence-corrected chi connectivity index (χ1v) is 10.6. The predicted molar refractivity (Wildman–Crippen MR) is 109 cm³/mol. The summed E-state index contributed by atoms with van der Waals surface area (Å²) < 4.78 is 41.4. The van der Waals surface area contributed by atoms with Crippen LogP contribution in [0.15, 0.2) is 29.6 Å². The van der Waals surface area contributed by atoms with Crippen molar-refractivity contribution in [1.82, 2.24) is 20.1 Å². The molecule has 3 rings (SSSR count). The van der Waals surface area contributed by atoms with Gasteiger partial charge in [-0.1, -0.05) is 12.1 Å². The molecular formula is C20H25F3N4O2S. The molecule has 1 unspecified atom stereocenters. The number of ether oxygens (including phenoxy) is 1. The number of benzene rings is 1. The van der Waals surface area contributed by atoms with E-state index in [0.29, 0.717) is 13.1 Å². The van der Waals surface area contributed by atoms with Gasteiger partial charge in [0.15, 0.2) is 6.61 Å². The molecule has 0 bridgehead atoms. The van der Waals surface area contributed by atoms with Gasteiger partial charge < -0.3 is 15.0 Å². The van der Waals surface area contributed by atoms with E-state index in [1.54, 1.807) is 28.4 Å². The van der Waals surface area contributed by atoms with E-state index in [0.717, 1.165) is 35.9 Å². The quantitative estimate of drug-likeness (QED) is 0.735. The van der Waals surface area contributed by atoms with Crippen molar-refractivity contribution in [2.45, 2.75) is 32.6 Å². The second-order valence-corrected chi connectivity index (χ2v) is 8.33. The maximum Gasteiger partial charge on any atom is 0.422 e. The largest absolute Gasteiger partial charge is 0.484 e. The minimum atomic E-state index is -4.37. The van der Waals surface area contributed by atoms with Crippen LogP contribution in [0.3, 0.4) is 0 Å². The molecule has 0 spiro atoms. The van der Waals surface area contributed by atoms with E-state index in [2.05, 4.69) is 20.6 Å². The lowest BCUT2D eigenvalue weighted by atomic mass is 10.1. The van der Waals surface area contributed by atoms with Crippen LogP contribution in [0.25, 0.3) is 0 Å². The van der Waals surface area contributed by atoms with Crippen LogP contribution in [0, 0.1) is 6.92 Å². The van der Waals surface area contributed by atoms with Crippen molar-refractivity contribution in [3.8, 4) is 5.75 Å². The third-order valence-corrected chi connectivity index (χ3v) is 5.66. The first-order chi connectivity index (χ1) is 14.2. The lowest BCUT2D eigenvalue weighted by Crippen LogP contribution is -2.51. The Morgan fingerprint density at radius 2 is 1.90 bits per heavy atom. The zero-order chi connectivity index (χ0) is 21.7. The molecule has 2 aromatic rings. The van der Waals surface area contributed by atoms with E-state index in [4.69, 9.17) is 4.74 Å². The fraction of sp³-hybridized carbons (Fsp3) is 0.500. The molecule has 0 radical (unpaired) electrons. The van der Waals surface area contributed by atoms with Gasteiger partial charge in [-0.05, 0) is 31.5 Å². The van der Waals surface area contributed by atoms with E-state index in [1.165, 1.54) is 12.1 Å². The van der Waals surface area contributed by atoms with E-state index in [9.17, 15) is 18.0 Å². The zero-order valence-electron chi connectivity index (χ0n) is 16.9. The lowest BCUT2D eigenvalue weighted by molar-refractivity contribution is -0.153. The molecule has 30 heavy (non-hydrogen) atoms. The SMILES string of the molecule is Cc1nc(CN2CCN(C(=O)NC(C)c3ccc(OCC(F)(F)F)cc3)CC2)cs1.